The molecule has 130 valence electrons. The van der Waals surface area contributed by atoms with Gasteiger partial charge in [-0.1, -0.05) is 18.2 Å². The van der Waals surface area contributed by atoms with E-state index in [4.69, 9.17) is 4.74 Å². The van der Waals surface area contributed by atoms with E-state index in [0.29, 0.717) is 18.2 Å². The van der Waals surface area contributed by atoms with Gasteiger partial charge in [0.15, 0.2) is 0 Å². The number of aliphatic hydroxyl groups is 1. The monoisotopic (exact) mass is 333 g/mol. The van der Waals surface area contributed by atoms with Crippen LogP contribution < -0.4 is 0 Å². The molecule has 1 N–H and O–H groups in total. The summed E-state index contributed by atoms with van der Waals surface area (Å²) in [4.78, 5) is 2.29. The Balaban J connectivity index is 1.42. The fourth-order valence-corrected chi connectivity index (χ4v) is 3.21. The number of halogens is 1. The highest BCUT2D eigenvalue weighted by molar-refractivity contribution is 5.16. The number of ether oxygens (including phenoxy) is 1. The highest BCUT2D eigenvalue weighted by Gasteiger charge is 2.26. The fraction of sp³-hybridized carbons (Fsp3) is 0.500. The Bertz CT molecular complexity index is 620. The van der Waals surface area contributed by atoms with Crippen molar-refractivity contribution < 1.29 is 14.2 Å². The second-order valence-corrected chi connectivity index (χ2v) is 6.28. The molecule has 24 heavy (non-hydrogen) atoms. The minimum Gasteiger partial charge on any atom is -0.389 e. The molecule has 0 spiro atoms. The number of rotatable bonds is 8. The molecule has 0 bridgehead atoms. The highest BCUT2D eigenvalue weighted by Crippen LogP contribution is 2.19. The summed E-state index contributed by atoms with van der Waals surface area (Å²) >= 11 is 0. The van der Waals surface area contributed by atoms with Gasteiger partial charge in [-0.15, -0.1) is 0 Å². The van der Waals surface area contributed by atoms with Crippen LogP contribution in [0.5, 0.6) is 0 Å². The topological polar surface area (TPSA) is 50.5 Å². The van der Waals surface area contributed by atoms with E-state index in [2.05, 4.69) is 10.00 Å². The lowest BCUT2D eigenvalue weighted by atomic mass is 10.2. The molecule has 2 aromatic rings. The molecule has 1 aliphatic heterocycles. The van der Waals surface area contributed by atoms with E-state index >= 15 is 0 Å². The van der Waals surface area contributed by atoms with Crippen molar-refractivity contribution in [2.75, 3.05) is 19.7 Å². The van der Waals surface area contributed by atoms with E-state index in [0.717, 1.165) is 25.9 Å². The van der Waals surface area contributed by atoms with Gasteiger partial charge in [0.05, 0.1) is 25.9 Å². The maximum atomic E-state index is 13.5. The van der Waals surface area contributed by atoms with Crippen molar-refractivity contribution in [3.63, 3.8) is 0 Å². The number of aromatic nitrogens is 2. The summed E-state index contributed by atoms with van der Waals surface area (Å²) in [5.41, 5.74) is 0.516. The maximum absolute atomic E-state index is 13.5. The standard InChI is InChI=1S/C18H24FN3O2/c19-18-7-2-1-5-15(18)13-24-14-17(23)12-21-9-3-6-16(21)11-22-10-4-8-20-22/h1-2,4-5,7-8,10,16-17,23H,3,6,9,11-14H2. The molecule has 1 aromatic heterocycles. The number of hydrogen-bond acceptors (Lipinski definition) is 4. The van der Waals surface area contributed by atoms with Gasteiger partial charge in [-0.2, -0.15) is 5.10 Å². The van der Waals surface area contributed by atoms with Gasteiger partial charge >= 0.3 is 0 Å². The Kier molecular flexibility index (Phi) is 5.96. The van der Waals surface area contributed by atoms with Gasteiger partial charge in [-0.05, 0) is 31.5 Å². The number of β-amino-alcohol motifs (C(OH)–C–C–N with tert-alkyl or cyclic N) is 1. The van der Waals surface area contributed by atoms with Crippen LogP contribution >= 0.6 is 0 Å². The van der Waals surface area contributed by atoms with Crippen LogP contribution in [0.15, 0.2) is 42.7 Å². The molecule has 2 unspecified atom stereocenters. The summed E-state index contributed by atoms with van der Waals surface area (Å²) in [6, 6.07) is 8.86. The average molecular weight is 333 g/mol. The third kappa shape index (κ3) is 4.63. The Labute approximate surface area is 141 Å². The predicted molar refractivity (Wildman–Crippen MR) is 88.9 cm³/mol. The van der Waals surface area contributed by atoms with Crippen LogP contribution in [0.2, 0.25) is 0 Å². The molecule has 0 amide bonds. The van der Waals surface area contributed by atoms with Crippen LogP contribution in [0.3, 0.4) is 0 Å². The molecule has 1 aromatic carbocycles. The zero-order valence-corrected chi connectivity index (χ0v) is 13.7. The molecule has 1 aliphatic rings. The molecule has 2 atom stereocenters. The summed E-state index contributed by atoms with van der Waals surface area (Å²) in [5.74, 6) is -0.272. The minimum absolute atomic E-state index is 0.181. The van der Waals surface area contributed by atoms with Crippen LogP contribution in [0.1, 0.15) is 18.4 Å². The Hall–Kier alpha value is -1.76. The molecular formula is C18H24FN3O2. The first-order valence-electron chi connectivity index (χ1n) is 8.43. The normalized spacial score (nSPS) is 19.7. The summed E-state index contributed by atoms with van der Waals surface area (Å²) < 4.78 is 20.9. The number of likely N-dealkylation sites (tertiary alicyclic amines) is 1. The van der Waals surface area contributed by atoms with E-state index < -0.39 is 6.10 Å². The van der Waals surface area contributed by atoms with Crippen molar-refractivity contribution in [3.8, 4) is 0 Å². The van der Waals surface area contributed by atoms with Crippen LogP contribution in [0.25, 0.3) is 0 Å². The lowest BCUT2D eigenvalue weighted by Gasteiger charge is -2.26. The summed E-state index contributed by atoms with van der Waals surface area (Å²) in [5, 5.41) is 14.5. The van der Waals surface area contributed by atoms with Gasteiger partial charge in [0.25, 0.3) is 0 Å². The first kappa shape index (κ1) is 17.1. The minimum atomic E-state index is -0.574. The van der Waals surface area contributed by atoms with Gasteiger partial charge < -0.3 is 9.84 Å². The third-order valence-corrected chi connectivity index (χ3v) is 4.43. The summed E-state index contributed by atoms with van der Waals surface area (Å²) in [7, 11) is 0. The largest absolute Gasteiger partial charge is 0.389 e. The maximum Gasteiger partial charge on any atom is 0.128 e. The van der Waals surface area contributed by atoms with Gasteiger partial charge in [0, 0.05) is 30.5 Å². The fourth-order valence-electron chi connectivity index (χ4n) is 3.21. The van der Waals surface area contributed by atoms with Crippen molar-refractivity contribution in [3.05, 3.63) is 54.1 Å². The van der Waals surface area contributed by atoms with E-state index in [1.807, 2.05) is 16.9 Å². The predicted octanol–water partition coefficient (Wildman–Crippen LogP) is 2.06. The van der Waals surface area contributed by atoms with Gasteiger partial charge in [0.2, 0.25) is 0 Å². The number of aliphatic hydroxyl groups excluding tert-OH is 1. The lowest BCUT2D eigenvalue weighted by molar-refractivity contribution is 0.00595. The summed E-state index contributed by atoms with van der Waals surface area (Å²) in [6.07, 6.45) is 5.42. The molecule has 0 saturated carbocycles. The SMILES string of the molecule is OC(COCc1ccccc1F)CN1CCCC1Cn1cccn1. The van der Waals surface area contributed by atoms with Gasteiger partial charge in [-0.3, -0.25) is 9.58 Å². The lowest BCUT2D eigenvalue weighted by Crippen LogP contribution is -2.40. The number of nitrogens with zero attached hydrogens (tertiary/aromatic N) is 3. The Morgan fingerprint density at radius 1 is 1.33 bits per heavy atom. The van der Waals surface area contributed by atoms with E-state index in [1.54, 1.807) is 24.4 Å². The van der Waals surface area contributed by atoms with E-state index in [-0.39, 0.29) is 19.0 Å². The Morgan fingerprint density at radius 3 is 3.00 bits per heavy atom. The van der Waals surface area contributed by atoms with Gasteiger partial charge in [0.1, 0.15) is 5.82 Å². The molecule has 0 aliphatic carbocycles. The number of benzene rings is 1. The molecule has 1 fully saturated rings. The zero-order valence-electron chi connectivity index (χ0n) is 13.7. The second-order valence-electron chi connectivity index (χ2n) is 6.28. The van der Waals surface area contributed by atoms with Crippen molar-refractivity contribution in [2.24, 2.45) is 0 Å². The quantitative estimate of drug-likeness (QED) is 0.803. The smallest absolute Gasteiger partial charge is 0.128 e. The average Bonchev–Trinajstić information content (AvgIpc) is 3.22. The first-order chi connectivity index (χ1) is 11.7. The van der Waals surface area contributed by atoms with E-state index in [9.17, 15) is 9.50 Å². The molecule has 6 heteroatoms. The molecular weight excluding hydrogens is 309 g/mol. The molecule has 1 saturated heterocycles. The molecule has 3 rings (SSSR count). The van der Waals surface area contributed by atoms with Gasteiger partial charge in [-0.25, -0.2) is 4.39 Å². The zero-order chi connectivity index (χ0) is 16.8. The Morgan fingerprint density at radius 2 is 2.21 bits per heavy atom. The van der Waals surface area contributed by atoms with Crippen LogP contribution in [0, 0.1) is 5.82 Å². The third-order valence-electron chi connectivity index (χ3n) is 4.43. The second kappa shape index (κ2) is 8.37. The van der Waals surface area contributed by atoms with Crippen molar-refractivity contribution in [2.45, 2.75) is 38.1 Å². The first-order valence-corrected chi connectivity index (χ1v) is 8.43. The van der Waals surface area contributed by atoms with Crippen LogP contribution in [-0.4, -0.2) is 51.6 Å². The van der Waals surface area contributed by atoms with Crippen molar-refractivity contribution in [1.29, 1.82) is 0 Å². The highest BCUT2D eigenvalue weighted by atomic mass is 19.1. The summed E-state index contributed by atoms with van der Waals surface area (Å²) in [6.45, 7) is 2.79. The van der Waals surface area contributed by atoms with Crippen LogP contribution in [-0.2, 0) is 17.9 Å². The van der Waals surface area contributed by atoms with Crippen molar-refractivity contribution >= 4 is 0 Å². The number of hydrogen-bond donors (Lipinski definition) is 1. The molecule has 0 radical (unpaired) electrons. The molecule has 2 heterocycles. The molecule has 5 nitrogen and oxygen atoms in total. The van der Waals surface area contributed by atoms with Crippen molar-refractivity contribution in [1.82, 2.24) is 14.7 Å². The van der Waals surface area contributed by atoms with E-state index in [1.165, 1.54) is 6.07 Å². The van der Waals surface area contributed by atoms with Crippen LogP contribution in [0.4, 0.5) is 4.39 Å².